The highest BCUT2D eigenvalue weighted by Gasteiger charge is 2.18. The number of fused-ring (bicyclic) bond motifs is 2. The molecule has 0 aliphatic carbocycles. The lowest BCUT2D eigenvalue weighted by molar-refractivity contribution is 0.0564. The number of morpholine rings is 1. The number of hydrogen-bond acceptors (Lipinski definition) is 7. The number of aromatic nitrogens is 7. The van der Waals surface area contributed by atoms with Crippen molar-refractivity contribution in [2.24, 2.45) is 0 Å². The third-order valence-corrected chi connectivity index (χ3v) is 6.75. The molecule has 0 atom stereocenters. The smallest absolute Gasteiger partial charge is 0.322 e. The summed E-state index contributed by atoms with van der Waals surface area (Å²) in [5, 5.41) is 11.3. The summed E-state index contributed by atoms with van der Waals surface area (Å²) in [7, 11) is 0. The number of anilines is 1. The normalized spacial score (nSPS) is 13.7. The molecule has 39 heavy (non-hydrogen) atoms. The maximum absolute atomic E-state index is 12.6. The monoisotopic (exact) mass is 517 g/mol. The fraction of sp³-hybridized carbons (Fsp3) is 0.143. The molecule has 0 saturated carbocycles. The average molecular weight is 518 g/mol. The van der Waals surface area contributed by atoms with Crippen LogP contribution in [0.15, 0.2) is 73.4 Å². The molecule has 0 bridgehead atoms. The number of para-hydroxylation sites is 1. The molecule has 0 spiro atoms. The fourth-order valence-corrected chi connectivity index (χ4v) is 4.78. The Morgan fingerprint density at radius 2 is 1.82 bits per heavy atom. The van der Waals surface area contributed by atoms with Crippen LogP contribution in [-0.2, 0) is 4.74 Å². The van der Waals surface area contributed by atoms with Crippen LogP contribution in [0.1, 0.15) is 0 Å². The van der Waals surface area contributed by atoms with Crippen molar-refractivity contribution >= 4 is 33.8 Å². The Morgan fingerprint density at radius 1 is 0.949 bits per heavy atom. The first-order valence-electron chi connectivity index (χ1n) is 12.6. The Kier molecular flexibility index (Phi) is 5.67. The number of imidazole rings is 1. The van der Waals surface area contributed by atoms with Crippen LogP contribution >= 0.6 is 0 Å². The lowest BCUT2D eigenvalue weighted by Gasteiger charge is -2.26. The van der Waals surface area contributed by atoms with Crippen LogP contribution in [0.3, 0.4) is 0 Å². The van der Waals surface area contributed by atoms with Crippen molar-refractivity contribution in [1.82, 2.24) is 40.0 Å². The van der Waals surface area contributed by atoms with Crippen LogP contribution in [-0.4, -0.2) is 72.4 Å². The third-order valence-electron chi connectivity index (χ3n) is 6.75. The van der Waals surface area contributed by atoms with Crippen LogP contribution in [0.2, 0.25) is 0 Å². The predicted molar refractivity (Wildman–Crippen MR) is 147 cm³/mol. The molecule has 7 rings (SSSR count). The third kappa shape index (κ3) is 4.34. The molecule has 6 aromatic rings. The number of amides is 2. The van der Waals surface area contributed by atoms with Crippen molar-refractivity contribution in [2.45, 2.75) is 0 Å². The number of pyridine rings is 3. The van der Waals surface area contributed by atoms with Gasteiger partial charge in [0.1, 0.15) is 5.69 Å². The Morgan fingerprint density at radius 3 is 2.69 bits per heavy atom. The first kappa shape index (κ1) is 23.0. The van der Waals surface area contributed by atoms with E-state index in [9.17, 15) is 4.79 Å². The zero-order chi connectivity index (χ0) is 26.2. The van der Waals surface area contributed by atoms with Crippen molar-refractivity contribution < 1.29 is 9.53 Å². The lowest BCUT2D eigenvalue weighted by Crippen LogP contribution is -2.43. The molecule has 192 valence electrons. The summed E-state index contributed by atoms with van der Waals surface area (Å²) in [6.07, 6.45) is 8.71. The van der Waals surface area contributed by atoms with Crippen molar-refractivity contribution in [2.75, 3.05) is 31.6 Å². The average Bonchev–Trinajstić information content (AvgIpc) is 3.62. The van der Waals surface area contributed by atoms with Gasteiger partial charge in [-0.15, -0.1) is 0 Å². The number of nitrogens with zero attached hydrogens (tertiary/aromatic N) is 6. The van der Waals surface area contributed by atoms with Gasteiger partial charge in [-0.3, -0.25) is 15.1 Å². The number of H-pyrrole nitrogens is 2. The van der Waals surface area contributed by atoms with Gasteiger partial charge in [-0.05, 0) is 24.3 Å². The highest BCUT2D eigenvalue weighted by atomic mass is 16.5. The molecule has 6 heterocycles. The molecular weight excluding hydrogens is 494 g/mol. The zero-order valence-electron chi connectivity index (χ0n) is 20.8. The summed E-state index contributed by atoms with van der Waals surface area (Å²) in [5.41, 5.74) is 7.30. The van der Waals surface area contributed by atoms with Gasteiger partial charge in [0.2, 0.25) is 0 Å². The number of aromatic amines is 2. The summed E-state index contributed by atoms with van der Waals surface area (Å²) < 4.78 is 5.33. The standard InChI is InChI=1S/C28H23N9O2/c38-28(37-7-9-39-10-8-37)32-20-11-18(14-30-16-20)19-12-22-25(35-36-26(22)31-15-19)27-33-23-5-1-4-21(24(23)34-27)17-3-2-6-29-13-17/h1-6,11-16H,7-10H2,(H,32,38)(H,33,34)(H,31,35,36). The minimum Gasteiger partial charge on any atom is -0.378 e. The van der Waals surface area contributed by atoms with E-state index in [1.54, 1.807) is 29.7 Å². The zero-order valence-corrected chi connectivity index (χ0v) is 20.8. The molecule has 11 heteroatoms. The van der Waals surface area contributed by atoms with Gasteiger partial charge < -0.3 is 19.9 Å². The maximum Gasteiger partial charge on any atom is 0.322 e. The Labute approximate surface area is 222 Å². The van der Waals surface area contributed by atoms with E-state index < -0.39 is 0 Å². The fourth-order valence-electron chi connectivity index (χ4n) is 4.78. The van der Waals surface area contributed by atoms with Gasteiger partial charge in [0.05, 0.1) is 41.5 Å². The van der Waals surface area contributed by atoms with E-state index in [-0.39, 0.29) is 6.03 Å². The molecule has 5 aromatic heterocycles. The Hall–Kier alpha value is -5.16. The molecule has 0 radical (unpaired) electrons. The number of ether oxygens (including phenoxy) is 1. The highest BCUT2D eigenvalue weighted by molar-refractivity contribution is 5.97. The molecule has 1 saturated heterocycles. The number of carbonyl (C=O) groups is 1. The number of hydrogen-bond donors (Lipinski definition) is 3. The SMILES string of the molecule is O=C(Nc1cncc(-c2cnc3[nH]nc(-c4nc5c(-c6cccnc6)cccc5[nH]4)c3c2)c1)N1CCOCC1. The van der Waals surface area contributed by atoms with Crippen LogP contribution in [0.5, 0.6) is 0 Å². The lowest BCUT2D eigenvalue weighted by atomic mass is 10.1. The minimum absolute atomic E-state index is 0.168. The molecule has 1 aliphatic heterocycles. The van der Waals surface area contributed by atoms with Crippen molar-refractivity contribution in [3.8, 4) is 33.8 Å². The number of rotatable bonds is 4. The molecule has 1 aliphatic rings. The Balaban J connectivity index is 1.23. The second-order valence-electron chi connectivity index (χ2n) is 9.21. The van der Waals surface area contributed by atoms with E-state index in [0.717, 1.165) is 38.7 Å². The first-order chi connectivity index (χ1) is 19.2. The predicted octanol–water partition coefficient (Wildman–Crippen LogP) is 4.49. The quantitative estimate of drug-likeness (QED) is 0.313. The summed E-state index contributed by atoms with van der Waals surface area (Å²) in [5.74, 6) is 0.635. The molecular formula is C28H23N9O2. The summed E-state index contributed by atoms with van der Waals surface area (Å²) >= 11 is 0. The summed E-state index contributed by atoms with van der Waals surface area (Å²) in [6, 6.07) is 13.7. The molecule has 1 fully saturated rings. The largest absolute Gasteiger partial charge is 0.378 e. The second kappa shape index (κ2) is 9.62. The van der Waals surface area contributed by atoms with Crippen LogP contribution in [0.25, 0.3) is 55.8 Å². The number of benzene rings is 1. The van der Waals surface area contributed by atoms with Crippen LogP contribution in [0, 0.1) is 0 Å². The molecule has 1 aromatic carbocycles. The maximum atomic E-state index is 12.6. The van der Waals surface area contributed by atoms with Gasteiger partial charge in [-0.25, -0.2) is 14.8 Å². The first-order valence-corrected chi connectivity index (χ1v) is 12.6. The number of urea groups is 1. The van der Waals surface area contributed by atoms with E-state index in [2.05, 4.69) is 35.5 Å². The second-order valence-corrected chi connectivity index (χ2v) is 9.21. The molecule has 11 nitrogen and oxygen atoms in total. The van der Waals surface area contributed by atoms with Gasteiger partial charge in [0, 0.05) is 60.1 Å². The van der Waals surface area contributed by atoms with E-state index in [1.807, 2.05) is 48.7 Å². The van der Waals surface area contributed by atoms with E-state index >= 15 is 0 Å². The van der Waals surface area contributed by atoms with Crippen LogP contribution < -0.4 is 5.32 Å². The minimum atomic E-state index is -0.168. The summed E-state index contributed by atoms with van der Waals surface area (Å²) in [4.78, 5) is 35.9. The van der Waals surface area contributed by atoms with Gasteiger partial charge in [-0.1, -0.05) is 18.2 Å². The van der Waals surface area contributed by atoms with E-state index in [0.29, 0.717) is 49.2 Å². The number of nitrogens with one attached hydrogen (secondary N) is 3. The van der Waals surface area contributed by atoms with Crippen molar-refractivity contribution in [1.29, 1.82) is 0 Å². The van der Waals surface area contributed by atoms with Gasteiger partial charge >= 0.3 is 6.03 Å². The van der Waals surface area contributed by atoms with Gasteiger partial charge in [0.15, 0.2) is 11.5 Å². The van der Waals surface area contributed by atoms with Gasteiger partial charge in [-0.2, -0.15) is 5.10 Å². The van der Waals surface area contributed by atoms with Gasteiger partial charge in [0.25, 0.3) is 0 Å². The van der Waals surface area contributed by atoms with Crippen molar-refractivity contribution in [3.63, 3.8) is 0 Å². The highest BCUT2D eigenvalue weighted by Crippen LogP contribution is 2.32. The molecule has 3 N–H and O–H groups in total. The molecule has 2 amide bonds. The van der Waals surface area contributed by atoms with E-state index in [4.69, 9.17) is 9.72 Å². The summed E-state index contributed by atoms with van der Waals surface area (Å²) in [6.45, 7) is 2.21. The topological polar surface area (TPSA) is 138 Å². The Bertz CT molecular complexity index is 1810. The van der Waals surface area contributed by atoms with E-state index in [1.165, 1.54) is 0 Å². The molecule has 0 unspecified atom stereocenters. The van der Waals surface area contributed by atoms with Crippen LogP contribution in [0.4, 0.5) is 10.5 Å². The number of carbonyl (C=O) groups excluding carboxylic acids is 1. The van der Waals surface area contributed by atoms with Crippen molar-refractivity contribution in [3.05, 3.63) is 73.4 Å².